The van der Waals surface area contributed by atoms with Crippen LogP contribution in [0, 0.1) is 0 Å². The Morgan fingerprint density at radius 2 is 2.22 bits per heavy atom. The van der Waals surface area contributed by atoms with Gasteiger partial charge in [0.2, 0.25) is 5.88 Å². The van der Waals surface area contributed by atoms with E-state index in [-0.39, 0.29) is 12.0 Å². The first-order chi connectivity index (χ1) is 8.63. The Bertz CT molecular complexity index is 363. The summed E-state index contributed by atoms with van der Waals surface area (Å²) in [5, 5.41) is 2.81. The van der Waals surface area contributed by atoms with Crippen molar-refractivity contribution in [1.82, 2.24) is 10.3 Å². The van der Waals surface area contributed by atoms with Gasteiger partial charge in [0.1, 0.15) is 0 Å². The van der Waals surface area contributed by atoms with E-state index in [1.807, 2.05) is 13.8 Å². The zero-order chi connectivity index (χ0) is 13.4. The van der Waals surface area contributed by atoms with E-state index in [9.17, 15) is 4.79 Å². The van der Waals surface area contributed by atoms with Crippen LogP contribution in [0.5, 0.6) is 5.88 Å². The molecule has 0 aliphatic heterocycles. The van der Waals surface area contributed by atoms with Gasteiger partial charge in [0.25, 0.3) is 5.91 Å². The zero-order valence-electron chi connectivity index (χ0n) is 11.1. The Morgan fingerprint density at radius 1 is 1.44 bits per heavy atom. The van der Waals surface area contributed by atoms with Crippen molar-refractivity contribution in [2.24, 2.45) is 0 Å². The monoisotopic (exact) mass is 252 g/mol. The third kappa shape index (κ3) is 5.14. The molecule has 5 nitrogen and oxygen atoms in total. The van der Waals surface area contributed by atoms with E-state index in [1.165, 1.54) is 13.3 Å². The zero-order valence-corrected chi connectivity index (χ0v) is 11.1. The fourth-order valence-corrected chi connectivity index (χ4v) is 1.33. The first-order valence-corrected chi connectivity index (χ1v) is 6.03. The molecule has 0 aromatic carbocycles. The second-order valence-corrected chi connectivity index (χ2v) is 4.12. The highest BCUT2D eigenvalue weighted by molar-refractivity contribution is 5.93. The van der Waals surface area contributed by atoms with Crippen molar-refractivity contribution in [3.05, 3.63) is 23.9 Å². The Balaban J connectivity index is 2.27. The lowest BCUT2D eigenvalue weighted by Crippen LogP contribution is -2.25. The van der Waals surface area contributed by atoms with Crippen molar-refractivity contribution in [1.29, 1.82) is 0 Å². The molecule has 5 heteroatoms. The maximum absolute atomic E-state index is 11.7. The molecule has 1 rings (SSSR count). The highest BCUT2D eigenvalue weighted by atomic mass is 16.5. The Hall–Kier alpha value is -1.62. The second-order valence-electron chi connectivity index (χ2n) is 4.12. The lowest BCUT2D eigenvalue weighted by Gasteiger charge is -2.08. The Morgan fingerprint density at radius 3 is 2.78 bits per heavy atom. The number of hydrogen-bond donors (Lipinski definition) is 1. The minimum Gasteiger partial charge on any atom is -0.481 e. The van der Waals surface area contributed by atoms with Crippen LogP contribution in [-0.4, -0.2) is 37.3 Å². The molecule has 1 heterocycles. The molecule has 0 aliphatic carbocycles. The molecular formula is C13H20N2O3. The third-order valence-electron chi connectivity index (χ3n) is 2.27. The number of amides is 1. The first kappa shape index (κ1) is 14.4. The number of methoxy groups -OCH3 is 1. The largest absolute Gasteiger partial charge is 0.481 e. The van der Waals surface area contributed by atoms with Crippen LogP contribution in [0.15, 0.2) is 18.3 Å². The molecule has 100 valence electrons. The number of nitrogens with one attached hydrogen (secondary N) is 1. The number of carbonyl (C=O) groups is 1. The van der Waals surface area contributed by atoms with Gasteiger partial charge in [-0.1, -0.05) is 0 Å². The summed E-state index contributed by atoms with van der Waals surface area (Å²) in [4.78, 5) is 15.7. The standard InChI is InChI=1S/C13H20N2O3/c1-10(2)18-8-4-7-14-13(16)11-5-6-12(17-3)15-9-11/h5-6,9-10H,4,7-8H2,1-3H3,(H,14,16). The van der Waals surface area contributed by atoms with Crippen LogP contribution < -0.4 is 10.1 Å². The van der Waals surface area contributed by atoms with Crippen LogP contribution in [0.3, 0.4) is 0 Å². The highest BCUT2D eigenvalue weighted by Gasteiger charge is 2.05. The maximum Gasteiger partial charge on any atom is 0.252 e. The van der Waals surface area contributed by atoms with Crippen LogP contribution in [0.2, 0.25) is 0 Å². The number of ether oxygens (including phenoxy) is 2. The van der Waals surface area contributed by atoms with Crippen LogP contribution in [0.4, 0.5) is 0 Å². The summed E-state index contributed by atoms with van der Waals surface area (Å²) >= 11 is 0. The maximum atomic E-state index is 11.7. The lowest BCUT2D eigenvalue weighted by molar-refractivity contribution is 0.0757. The number of nitrogens with zero attached hydrogens (tertiary/aromatic N) is 1. The van der Waals surface area contributed by atoms with Crippen LogP contribution >= 0.6 is 0 Å². The molecule has 0 fully saturated rings. The summed E-state index contributed by atoms with van der Waals surface area (Å²) in [5.41, 5.74) is 0.528. The summed E-state index contributed by atoms with van der Waals surface area (Å²) < 4.78 is 10.3. The average Bonchev–Trinajstić information content (AvgIpc) is 2.38. The summed E-state index contributed by atoms with van der Waals surface area (Å²) in [5.74, 6) is 0.367. The van der Waals surface area contributed by atoms with Gasteiger partial charge in [-0.3, -0.25) is 4.79 Å². The number of aromatic nitrogens is 1. The molecule has 0 saturated carbocycles. The SMILES string of the molecule is COc1ccc(C(=O)NCCCOC(C)C)cn1. The molecule has 1 aromatic rings. The first-order valence-electron chi connectivity index (χ1n) is 6.03. The fourth-order valence-electron chi connectivity index (χ4n) is 1.33. The van der Waals surface area contributed by atoms with Gasteiger partial charge < -0.3 is 14.8 Å². The third-order valence-corrected chi connectivity index (χ3v) is 2.27. The summed E-state index contributed by atoms with van der Waals surface area (Å²) in [7, 11) is 1.54. The second kappa shape index (κ2) is 7.66. The van der Waals surface area contributed by atoms with Gasteiger partial charge in [0, 0.05) is 25.4 Å². The molecule has 1 aromatic heterocycles. The molecule has 0 atom stereocenters. The fraction of sp³-hybridized carbons (Fsp3) is 0.538. The minimum absolute atomic E-state index is 0.130. The molecule has 18 heavy (non-hydrogen) atoms. The summed E-state index contributed by atoms with van der Waals surface area (Å²) in [6, 6.07) is 3.35. The normalized spacial score (nSPS) is 10.4. The highest BCUT2D eigenvalue weighted by Crippen LogP contribution is 2.06. The molecule has 0 aliphatic rings. The average molecular weight is 252 g/mol. The van der Waals surface area contributed by atoms with Gasteiger partial charge in [-0.2, -0.15) is 0 Å². The predicted octanol–water partition coefficient (Wildman–Crippen LogP) is 1.64. The van der Waals surface area contributed by atoms with Gasteiger partial charge in [0.05, 0.1) is 18.8 Å². The van der Waals surface area contributed by atoms with Gasteiger partial charge in [0.15, 0.2) is 0 Å². The van der Waals surface area contributed by atoms with E-state index in [1.54, 1.807) is 12.1 Å². The number of hydrogen-bond acceptors (Lipinski definition) is 4. The summed E-state index contributed by atoms with van der Waals surface area (Å²) in [6.45, 7) is 5.22. The van der Waals surface area contributed by atoms with E-state index in [2.05, 4.69) is 10.3 Å². The van der Waals surface area contributed by atoms with Crippen molar-refractivity contribution in [2.75, 3.05) is 20.3 Å². The van der Waals surface area contributed by atoms with Crippen molar-refractivity contribution in [2.45, 2.75) is 26.4 Å². The van der Waals surface area contributed by atoms with Gasteiger partial charge in [-0.05, 0) is 26.3 Å². The topological polar surface area (TPSA) is 60.5 Å². The van der Waals surface area contributed by atoms with Crippen LogP contribution in [-0.2, 0) is 4.74 Å². The molecule has 0 bridgehead atoms. The van der Waals surface area contributed by atoms with Gasteiger partial charge in [-0.25, -0.2) is 4.98 Å². The van der Waals surface area contributed by atoms with Crippen LogP contribution in [0.25, 0.3) is 0 Å². The van der Waals surface area contributed by atoms with E-state index < -0.39 is 0 Å². The van der Waals surface area contributed by atoms with E-state index >= 15 is 0 Å². The quantitative estimate of drug-likeness (QED) is 0.749. The Labute approximate surface area is 108 Å². The number of carbonyl (C=O) groups excluding carboxylic acids is 1. The Kier molecular flexibility index (Phi) is 6.14. The van der Waals surface area contributed by atoms with Crippen molar-refractivity contribution in [3.8, 4) is 5.88 Å². The number of pyridine rings is 1. The van der Waals surface area contributed by atoms with Gasteiger partial charge in [-0.15, -0.1) is 0 Å². The molecule has 0 spiro atoms. The molecule has 1 N–H and O–H groups in total. The van der Waals surface area contributed by atoms with Crippen LogP contribution in [0.1, 0.15) is 30.6 Å². The van der Waals surface area contributed by atoms with Gasteiger partial charge >= 0.3 is 0 Å². The number of rotatable bonds is 7. The van der Waals surface area contributed by atoms with E-state index in [4.69, 9.17) is 9.47 Å². The van der Waals surface area contributed by atoms with E-state index in [0.29, 0.717) is 24.6 Å². The predicted molar refractivity (Wildman–Crippen MR) is 68.8 cm³/mol. The molecule has 0 radical (unpaired) electrons. The minimum atomic E-state index is -0.130. The van der Waals surface area contributed by atoms with E-state index in [0.717, 1.165) is 6.42 Å². The smallest absolute Gasteiger partial charge is 0.252 e. The van der Waals surface area contributed by atoms with Crippen molar-refractivity contribution >= 4 is 5.91 Å². The molecule has 1 amide bonds. The molecular weight excluding hydrogens is 232 g/mol. The molecule has 0 unspecified atom stereocenters. The van der Waals surface area contributed by atoms with Crippen molar-refractivity contribution in [3.63, 3.8) is 0 Å². The lowest BCUT2D eigenvalue weighted by atomic mass is 10.2. The summed E-state index contributed by atoms with van der Waals surface area (Å²) in [6.07, 6.45) is 2.53. The van der Waals surface area contributed by atoms with Crippen molar-refractivity contribution < 1.29 is 14.3 Å². The molecule has 0 saturated heterocycles.